The van der Waals surface area contributed by atoms with E-state index < -0.39 is 4.92 Å². The average molecular weight is 477 g/mol. The molecule has 1 aromatic heterocycles. The van der Waals surface area contributed by atoms with Gasteiger partial charge in [0.05, 0.1) is 10.5 Å². The van der Waals surface area contributed by atoms with Crippen molar-refractivity contribution in [1.82, 2.24) is 9.97 Å². The van der Waals surface area contributed by atoms with E-state index in [-0.39, 0.29) is 11.3 Å². The number of anilines is 3. The van der Waals surface area contributed by atoms with Crippen LogP contribution in [0.2, 0.25) is 5.02 Å². The molecule has 0 radical (unpaired) electrons. The highest BCUT2D eigenvalue weighted by molar-refractivity contribution is 6.30. The first-order chi connectivity index (χ1) is 15.9. The van der Waals surface area contributed by atoms with Crippen LogP contribution in [-0.4, -0.2) is 46.7 Å². The molecule has 0 spiro atoms. The predicted octanol–water partition coefficient (Wildman–Crippen LogP) is 4.92. The number of halogens is 1. The van der Waals surface area contributed by atoms with E-state index in [0.717, 1.165) is 37.8 Å². The van der Waals surface area contributed by atoms with Gasteiger partial charge < -0.3 is 20.7 Å². The molecule has 1 aliphatic heterocycles. The molecule has 10 heteroatoms. The lowest BCUT2D eigenvalue weighted by Gasteiger charge is -2.34. The van der Waals surface area contributed by atoms with Gasteiger partial charge >= 0.3 is 5.69 Å². The summed E-state index contributed by atoms with van der Waals surface area (Å²) in [5.41, 5.74) is 6.37. The van der Waals surface area contributed by atoms with Gasteiger partial charge in [-0.25, -0.2) is 4.98 Å². The Balaban J connectivity index is 1.62. The molecule has 1 aliphatic rings. The number of hydrogen-bond acceptors (Lipinski definition) is 8. The summed E-state index contributed by atoms with van der Waals surface area (Å²) < 4.78 is 6.16. The first-order valence-electron chi connectivity index (χ1n) is 11.5. The van der Waals surface area contributed by atoms with Crippen molar-refractivity contribution in [3.8, 4) is 0 Å². The molecule has 0 bridgehead atoms. The van der Waals surface area contributed by atoms with E-state index >= 15 is 0 Å². The largest absolute Gasteiger partial charge is 0.374 e. The van der Waals surface area contributed by atoms with E-state index in [1.165, 1.54) is 6.20 Å². The summed E-state index contributed by atoms with van der Waals surface area (Å²) in [6.45, 7) is 6.84. The zero-order valence-corrected chi connectivity index (χ0v) is 20.1. The first-order valence-corrected chi connectivity index (χ1v) is 11.9. The molecule has 0 atom stereocenters. The van der Waals surface area contributed by atoms with Crippen molar-refractivity contribution in [2.24, 2.45) is 11.7 Å². The summed E-state index contributed by atoms with van der Waals surface area (Å²) in [5, 5.41) is 15.3. The van der Waals surface area contributed by atoms with E-state index in [2.05, 4.69) is 29.1 Å². The fourth-order valence-corrected chi connectivity index (χ4v) is 4.25. The van der Waals surface area contributed by atoms with Crippen LogP contribution in [0.15, 0.2) is 30.5 Å². The number of hydrogen-bond donors (Lipinski definition) is 2. The van der Waals surface area contributed by atoms with Gasteiger partial charge in [-0.15, -0.1) is 0 Å². The van der Waals surface area contributed by atoms with Crippen molar-refractivity contribution in [3.05, 3.63) is 45.6 Å². The summed E-state index contributed by atoms with van der Waals surface area (Å²) >= 11 is 5.93. The molecule has 180 valence electrons. The van der Waals surface area contributed by atoms with Crippen molar-refractivity contribution in [1.29, 1.82) is 0 Å². The van der Waals surface area contributed by atoms with Gasteiger partial charge in [0, 0.05) is 37.0 Å². The number of ether oxygens (including phenoxy) is 1. The number of piperidine rings is 1. The summed E-state index contributed by atoms with van der Waals surface area (Å²) in [6, 6.07) is 7.11. The second kappa shape index (κ2) is 11.6. The minimum atomic E-state index is -0.427. The Labute approximate surface area is 199 Å². The van der Waals surface area contributed by atoms with E-state index in [1.807, 2.05) is 4.90 Å². The minimum absolute atomic E-state index is 0.0861. The highest BCUT2D eigenvalue weighted by Crippen LogP contribution is 2.32. The number of nitro groups is 1. The van der Waals surface area contributed by atoms with Crippen molar-refractivity contribution in [3.63, 3.8) is 0 Å². The van der Waals surface area contributed by atoms with Crippen LogP contribution in [0.1, 0.15) is 46.0 Å². The Morgan fingerprint density at radius 3 is 2.52 bits per heavy atom. The molecule has 1 saturated heterocycles. The number of nitrogens with zero attached hydrogens (tertiary/aromatic N) is 4. The zero-order chi connectivity index (χ0) is 23.8. The zero-order valence-electron chi connectivity index (χ0n) is 19.3. The third kappa shape index (κ3) is 6.52. The first kappa shape index (κ1) is 25.1. The van der Waals surface area contributed by atoms with Crippen LogP contribution in [0.5, 0.6) is 0 Å². The lowest BCUT2D eigenvalue weighted by Crippen LogP contribution is -2.40. The normalized spacial score (nSPS) is 15.0. The highest BCUT2D eigenvalue weighted by atomic mass is 35.5. The van der Waals surface area contributed by atoms with Crippen LogP contribution in [0, 0.1) is 16.0 Å². The Hall–Kier alpha value is -2.49. The van der Waals surface area contributed by atoms with Gasteiger partial charge in [0.2, 0.25) is 11.8 Å². The molecule has 0 aliphatic carbocycles. The standard InChI is InChI=1S/C23H33ClN6O3/c1-3-23(4-2,16-25)33-14-11-17-9-12-29(13-10-17)21-20(30(31)32)15-26-22(28-21)27-19-7-5-18(24)6-8-19/h5-8,15,17H,3-4,9-14,16,25H2,1-2H3,(H,26,27,28). The lowest BCUT2D eigenvalue weighted by molar-refractivity contribution is -0.384. The van der Waals surface area contributed by atoms with Gasteiger partial charge in [-0.2, -0.15) is 4.98 Å². The van der Waals surface area contributed by atoms with Gasteiger partial charge in [-0.1, -0.05) is 25.4 Å². The number of benzene rings is 1. The van der Waals surface area contributed by atoms with Crippen molar-refractivity contribution >= 4 is 34.7 Å². The fraction of sp³-hybridized carbons (Fsp3) is 0.565. The molecule has 33 heavy (non-hydrogen) atoms. The average Bonchev–Trinajstić information content (AvgIpc) is 2.84. The summed E-state index contributed by atoms with van der Waals surface area (Å²) in [4.78, 5) is 21.7. The Morgan fingerprint density at radius 2 is 1.94 bits per heavy atom. The molecule has 2 aromatic rings. The monoisotopic (exact) mass is 476 g/mol. The molecule has 0 saturated carbocycles. The highest BCUT2D eigenvalue weighted by Gasteiger charge is 2.29. The summed E-state index contributed by atoms with van der Waals surface area (Å²) in [6.07, 6.45) is 5.90. The second-order valence-corrected chi connectivity index (χ2v) is 8.89. The number of rotatable bonds is 11. The Morgan fingerprint density at radius 1 is 1.27 bits per heavy atom. The SMILES string of the molecule is CCC(CC)(CN)OCCC1CCN(c2nc(Nc3ccc(Cl)cc3)ncc2[N+](=O)[O-])CC1. The van der Waals surface area contributed by atoms with E-state index in [1.54, 1.807) is 24.3 Å². The molecule has 2 heterocycles. The van der Waals surface area contributed by atoms with Crippen LogP contribution in [0.4, 0.5) is 23.1 Å². The van der Waals surface area contributed by atoms with Crippen LogP contribution in [0.25, 0.3) is 0 Å². The molecular formula is C23H33ClN6O3. The smallest absolute Gasteiger partial charge is 0.329 e. The third-order valence-corrected chi connectivity index (χ3v) is 6.81. The predicted molar refractivity (Wildman–Crippen MR) is 131 cm³/mol. The van der Waals surface area contributed by atoms with Gasteiger partial charge in [-0.3, -0.25) is 10.1 Å². The van der Waals surface area contributed by atoms with Crippen molar-refractivity contribution < 1.29 is 9.66 Å². The van der Waals surface area contributed by atoms with Crippen LogP contribution in [0.3, 0.4) is 0 Å². The fourth-order valence-electron chi connectivity index (χ4n) is 4.13. The third-order valence-electron chi connectivity index (χ3n) is 6.56. The van der Waals surface area contributed by atoms with E-state index in [9.17, 15) is 10.1 Å². The van der Waals surface area contributed by atoms with E-state index in [0.29, 0.717) is 48.9 Å². The van der Waals surface area contributed by atoms with Crippen molar-refractivity contribution in [2.75, 3.05) is 36.5 Å². The summed E-state index contributed by atoms with van der Waals surface area (Å²) in [5.74, 6) is 1.17. The Kier molecular flexibility index (Phi) is 8.82. The molecule has 1 aromatic carbocycles. The molecule has 0 unspecified atom stereocenters. The Bertz CT molecular complexity index is 907. The number of nitrogens with one attached hydrogen (secondary N) is 1. The molecule has 0 amide bonds. The molecule has 3 rings (SSSR count). The van der Waals surface area contributed by atoms with Crippen LogP contribution in [-0.2, 0) is 4.74 Å². The van der Waals surface area contributed by atoms with Gasteiger partial charge in [0.15, 0.2) is 0 Å². The van der Waals surface area contributed by atoms with Crippen LogP contribution < -0.4 is 16.0 Å². The van der Waals surface area contributed by atoms with Gasteiger partial charge in [-0.05, 0) is 62.3 Å². The maximum atomic E-state index is 11.6. The van der Waals surface area contributed by atoms with Gasteiger partial charge in [0.1, 0.15) is 6.20 Å². The molecular weight excluding hydrogens is 444 g/mol. The minimum Gasteiger partial charge on any atom is -0.374 e. The molecule has 1 fully saturated rings. The lowest BCUT2D eigenvalue weighted by atomic mass is 9.93. The summed E-state index contributed by atoms with van der Waals surface area (Å²) in [7, 11) is 0. The second-order valence-electron chi connectivity index (χ2n) is 8.45. The molecule has 9 nitrogen and oxygen atoms in total. The van der Waals surface area contributed by atoms with Crippen molar-refractivity contribution in [2.45, 2.75) is 51.6 Å². The maximum absolute atomic E-state index is 11.6. The number of aromatic nitrogens is 2. The maximum Gasteiger partial charge on any atom is 0.329 e. The molecule has 3 N–H and O–H groups in total. The topological polar surface area (TPSA) is 119 Å². The number of nitrogens with two attached hydrogens (primary N) is 1. The quantitative estimate of drug-likeness (QED) is 0.346. The van der Waals surface area contributed by atoms with Crippen LogP contribution >= 0.6 is 11.6 Å². The van der Waals surface area contributed by atoms with E-state index in [4.69, 9.17) is 22.1 Å². The van der Waals surface area contributed by atoms with Gasteiger partial charge in [0.25, 0.3) is 0 Å².